The Labute approximate surface area is 112 Å². The van der Waals surface area contributed by atoms with Gasteiger partial charge >= 0.3 is 0 Å². The van der Waals surface area contributed by atoms with Crippen molar-refractivity contribution < 1.29 is 9.52 Å². The van der Waals surface area contributed by atoms with Gasteiger partial charge in [0.2, 0.25) is 0 Å². The molecule has 0 amide bonds. The molecule has 90 valence electrons. The van der Waals surface area contributed by atoms with Gasteiger partial charge in [0.25, 0.3) is 0 Å². The van der Waals surface area contributed by atoms with Crippen molar-refractivity contribution in [2.45, 2.75) is 31.3 Å². The molecule has 2 nitrogen and oxygen atoms in total. The van der Waals surface area contributed by atoms with Gasteiger partial charge in [-0.15, -0.1) is 11.3 Å². The third kappa shape index (κ3) is 2.09. The second-order valence-corrected chi connectivity index (χ2v) is 7.07. The summed E-state index contributed by atoms with van der Waals surface area (Å²) in [6, 6.07) is 6.01. The predicted molar refractivity (Wildman–Crippen MR) is 71.3 cm³/mol. The van der Waals surface area contributed by atoms with Crippen LogP contribution >= 0.6 is 27.3 Å². The molecule has 1 aliphatic carbocycles. The average Bonchev–Trinajstić information content (AvgIpc) is 2.88. The molecule has 1 atom stereocenters. The van der Waals surface area contributed by atoms with E-state index in [1.165, 1.54) is 4.88 Å². The van der Waals surface area contributed by atoms with E-state index in [-0.39, 0.29) is 0 Å². The molecule has 0 aliphatic heterocycles. The highest BCUT2D eigenvalue weighted by Gasteiger charge is 2.36. The van der Waals surface area contributed by atoms with Crippen molar-refractivity contribution in [3.63, 3.8) is 0 Å². The highest BCUT2D eigenvalue weighted by molar-refractivity contribution is 9.11. The number of furan rings is 1. The van der Waals surface area contributed by atoms with Crippen molar-refractivity contribution >= 4 is 27.3 Å². The summed E-state index contributed by atoms with van der Waals surface area (Å²) in [5.41, 5.74) is 0.235. The molecular weight excluding hydrogens is 300 g/mol. The predicted octanol–water partition coefficient (Wildman–Crippen LogP) is 3.87. The summed E-state index contributed by atoms with van der Waals surface area (Å²) < 4.78 is 6.54. The van der Waals surface area contributed by atoms with Crippen LogP contribution in [0.4, 0.5) is 0 Å². The van der Waals surface area contributed by atoms with Crippen LogP contribution in [0.5, 0.6) is 0 Å². The largest absolute Gasteiger partial charge is 0.469 e. The molecule has 0 bridgehead atoms. The standard InChI is InChI=1S/C13H13BrO2S/c14-12-4-3-9(17-12)8-13(15)6-1-2-11-10(13)5-7-16-11/h3-5,7,15H,1-2,6,8H2. The SMILES string of the molecule is OC1(Cc2ccc(Br)s2)CCCc2occc21. The highest BCUT2D eigenvalue weighted by atomic mass is 79.9. The molecule has 4 heteroatoms. The summed E-state index contributed by atoms with van der Waals surface area (Å²) in [4.78, 5) is 1.20. The van der Waals surface area contributed by atoms with E-state index in [1.54, 1.807) is 17.6 Å². The summed E-state index contributed by atoms with van der Waals surface area (Å²) in [6.45, 7) is 0. The van der Waals surface area contributed by atoms with Gasteiger partial charge in [-0.05, 0) is 47.0 Å². The van der Waals surface area contributed by atoms with Gasteiger partial charge in [-0.1, -0.05) is 0 Å². The van der Waals surface area contributed by atoms with Crippen LogP contribution in [0.2, 0.25) is 0 Å². The van der Waals surface area contributed by atoms with Crippen LogP contribution in [0, 0.1) is 0 Å². The first kappa shape index (κ1) is 11.5. The first-order valence-electron chi connectivity index (χ1n) is 5.71. The quantitative estimate of drug-likeness (QED) is 0.913. The zero-order valence-corrected chi connectivity index (χ0v) is 11.7. The van der Waals surface area contributed by atoms with E-state index >= 15 is 0 Å². The summed E-state index contributed by atoms with van der Waals surface area (Å²) in [6.07, 6.45) is 5.11. The van der Waals surface area contributed by atoms with Gasteiger partial charge in [-0.2, -0.15) is 0 Å². The maximum atomic E-state index is 10.8. The van der Waals surface area contributed by atoms with E-state index in [0.29, 0.717) is 6.42 Å². The van der Waals surface area contributed by atoms with Gasteiger partial charge in [0.1, 0.15) is 5.76 Å². The molecule has 3 rings (SSSR count). The van der Waals surface area contributed by atoms with Gasteiger partial charge in [0.05, 0.1) is 15.7 Å². The lowest BCUT2D eigenvalue weighted by atomic mass is 9.80. The van der Waals surface area contributed by atoms with Crippen LogP contribution in [0.3, 0.4) is 0 Å². The highest BCUT2D eigenvalue weighted by Crippen LogP contribution is 2.39. The second kappa shape index (κ2) is 4.26. The van der Waals surface area contributed by atoms with Crippen LogP contribution in [0.15, 0.2) is 32.7 Å². The Balaban J connectivity index is 1.92. The van der Waals surface area contributed by atoms with Crippen LogP contribution in [0.25, 0.3) is 0 Å². The van der Waals surface area contributed by atoms with Crippen LogP contribution in [-0.4, -0.2) is 5.11 Å². The Bertz CT molecular complexity index is 531. The van der Waals surface area contributed by atoms with E-state index in [1.807, 2.05) is 12.1 Å². The number of halogens is 1. The molecule has 0 saturated heterocycles. The van der Waals surface area contributed by atoms with Crippen molar-refractivity contribution in [1.29, 1.82) is 0 Å². The molecule has 0 spiro atoms. The normalized spacial score (nSPS) is 23.6. The smallest absolute Gasteiger partial charge is 0.109 e. The lowest BCUT2D eigenvalue weighted by molar-refractivity contribution is 0.0176. The molecule has 0 saturated carbocycles. The summed E-state index contributed by atoms with van der Waals surface area (Å²) in [5, 5.41) is 10.8. The lowest BCUT2D eigenvalue weighted by Gasteiger charge is -2.31. The molecule has 17 heavy (non-hydrogen) atoms. The van der Waals surface area contributed by atoms with E-state index in [9.17, 15) is 5.11 Å². The summed E-state index contributed by atoms with van der Waals surface area (Å²) in [7, 11) is 0. The third-order valence-corrected chi connectivity index (χ3v) is 4.96. The molecular formula is C13H13BrO2S. The van der Waals surface area contributed by atoms with E-state index < -0.39 is 5.60 Å². The third-order valence-electron chi connectivity index (χ3n) is 3.34. The van der Waals surface area contributed by atoms with Crippen molar-refractivity contribution in [1.82, 2.24) is 0 Å². The van der Waals surface area contributed by atoms with Crippen molar-refractivity contribution in [3.05, 3.63) is 44.4 Å². The van der Waals surface area contributed by atoms with Gasteiger partial charge < -0.3 is 9.52 Å². The lowest BCUT2D eigenvalue weighted by Crippen LogP contribution is -2.31. The number of aryl methyl sites for hydroxylation is 1. The maximum absolute atomic E-state index is 10.8. The minimum Gasteiger partial charge on any atom is -0.469 e. The van der Waals surface area contributed by atoms with Crippen molar-refractivity contribution in [2.75, 3.05) is 0 Å². The van der Waals surface area contributed by atoms with E-state index in [2.05, 4.69) is 22.0 Å². The van der Waals surface area contributed by atoms with Gasteiger partial charge in [0.15, 0.2) is 0 Å². The van der Waals surface area contributed by atoms with E-state index in [4.69, 9.17) is 4.42 Å². The molecule has 1 aliphatic rings. The minimum atomic E-state index is -0.745. The van der Waals surface area contributed by atoms with Gasteiger partial charge in [-0.25, -0.2) is 0 Å². The number of thiophene rings is 1. The number of rotatable bonds is 2. The zero-order chi connectivity index (χ0) is 11.9. The fraction of sp³-hybridized carbons (Fsp3) is 0.385. The molecule has 2 aromatic rings. The monoisotopic (exact) mass is 312 g/mol. The minimum absolute atomic E-state index is 0.676. The van der Waals surface area contributed by atoms with Crippen LogP contribution < -0.4 is 0 Å². The van der Waals surface area contributed by atoms with Crippen molar-refractivity contribution in [2.24, 2.45) is 0 Å². The number of hydrogen-bond acceptors (Lipinski definition) is 3. The number of fused-ring (bicyclic) bond motifs is 1. The van der Waals surface area contributed by atoms with Gasteiger partial charge in [0, 0.05) is 23.3 Å². The fourth-order valence-electron chi connectivity index (χ4n) is 2.54. The Morgan fingerprint density at radius 1 is 1.41 bits per heavy atom. The van der Waals surface area contributed by atoms with E-state index in [0.717, 1.165) is 34.4 Å². The van der Waals surface area contributed by atoms with Crippen LogP contribution in [0.1, 0.15) is 29.0 Å². The summed E-state index contributed by atoms with van der Waals surface area (Å²) >= 11 is 5.14. The molecule has 2 heterocycles. The zero-order valence-electron chi connectivity index (χ0n) is 9.28. The Morgan fingerprint density at radius 2 is 2.29 bits per heavy atom. The second-order valence-electron chi connectivity index (χ2n) is 4.53. The summed E-state index contributed by atoms with van der Waals surface area (Å²) in [5.74, 6) is 0.953. The Morgan fingerprint density at radius 3 is 3.06 bits per heavy atom. The van der Waals surface area contributed by atoms with Crippen LogP contribution in [-0.2, 0) is 18.4 Å². The first-order valence-corrected chi connectivity index (χ1v) is 7.32. The number of aliphatic hydroxyl groups is 1. The first-order chi connectivity index (χ1) is 8.17. The van der Waals surface area contributed by atoms with Gasteiger partial charge in [-0.3, -0.25) is 0 Å². The molecule has 0 radical (unpaired) electrons. The number of hydrogen-bond donors (Lipinski definition) is 1. The van der Waals surface area contributed by atoms with Crippen molar-refractivity contribution in [3.8, 4) is 0 Å². The topological polar surface area (TPSA) is 33.4 Å². The average molecular weight is 313 g/mol. The molecule has 0 fully saturated rings. The Kier molecular flexibility index (Phi) is 2.89. The molecule has 0 aromatic carbocycles. The molecule has 2 aromatic heterocycles. The molecule has 1 unspecified atom stereocenters. The molecule has 1 N–H and O–H groups in total. The maximum Gasteiger partial charge on any atom is 0.109 e. The fourth-order valence-corrected chi connectivity index (χ4v) is 4.13. The Hall–Kier alpha value is -0.580.